The topological polar surface area (TPSA) is 41.1 Å². The number of nitrogens with one attached hydrogen (secondary N) is 2. The smallest absolute Gasteiger partial charge is 0.234 e. The van der Waals surface area contributed by atoms with Gasteiger partial charge < -0.3 is 10.6 Å². The van der Waals surface area contributed by atoms with Gasteiger partial charge in [0.15, 0.2) is 0 Å². The van der Waals surface area contributed by atoms with Crippen LogP contribution >= 0.6 is 0 Å². The third-order valence-corrected chi connectivity index (χ3v) is 4.86. The van der Waals surface area contributed by atoms with Crippen LogP contribution in [0.3, 0.4) is 0 Å². The molecule has 3 heteroatoms. The maximum absolute atomic E-state index is 12.0. The third-order valence-electron chi connectivity index (χ3n) is 4.86. The van der Waals surface area contributed by atoms with Crippen LogP contribution in [-0.2, 0) is 4.79 Å². The Hall–Kier alpha value is -0.570. The second-order valence-corrected chi connectivity index (χ2v) is 6.51. The summed E-state index contributed by atoms with van der Waals surface area (Å²) in [5.41, 5.74) is 0. The van der Waals surface area contributed by atoms with E-state index in [9.17, 15) is 4.79 Å². The molecular weight excluding hydrogens is 236 g/mol. The van der Waals surface area contributed by atoms with Gasteiger partial charge in [-0.2, -0.15) is 0 Å². The van der Waals surface area contributed by atoms with Crippen LogP contribution in [0.15, 0.2) is 0 Å². The summed E-state index contributed by atoms with van der Waals surface area (Å²) in [7, 11) is 0. The van der Waals surface area contributed by atoms with Crippen LogP contribution in [0.4, 0.5) is 0 Å². The number of hydrogen-bond donors (Lipinski definition) is 2. The molecule has 2 atom stereocenters. The highest BCUT2D eigenvalue weighted by Crippen LogP contribution is 2.23. The Balaban J connectivity index is 1.65. The molecule has 0 bridgehead atoms. The normalized spacial score (nSPS) is 29.7. The van der Waals surface area contributed by atoms with Gasteiger partial charge in [-0.25, -0.2) is 0 Å². The molecular formula is C16H30N2O. The Kier molecular flexibility index (Phi) is 6.15. The highest BCUT2D eigenvalue weighted by molar-refractivity contribution is 5.78. The molecule has 2 rings (SSSR count). The van der Waals surface area contributed by atoms with E-state index in [4.69, 9.17) is 0 Å². The SMILES string of the molecule is CC1CCCCC1NCC(=O)NC1CCCCCC1. The molecule has 2 aliphatic carbocycles. The summed E-state index contributed by atoms with van der Waals surface area (Å²) in [5.74, 6) is 0.920. The first-order chi connectivity index (χ1) is 9.25. The largest absolute Gasteiger partial charge is 0.352 e. The molecule has 0 heterocycles. The van der Waals surface area contributed by atoms with Crippen molar-refractivity contribution in [2.45, 2.75) is 83.2 Å². The fraction of sp³-hybridized carbons (Fsp3) is 0.938. The van der Waals surface area contributed by atoms with E-state index in [1.165, 1.54) is 64.2 Å². The number of carbonyl (C=O) groups excluding carboxylic acids is 1. The highest BCUT2D eigenvalue weighted by Gasteiger charge is 2.22. The molecule has 0 aliphatic heterocycles. The van der Waals surface area contributed by atoms with Crippen LogP contribution in [-0.4, -0.2) is 24.5 Å². The zero-order valence-corrected chi connectivity index (χ0v) is 12.4. The summed E-state index contributed by atoms with van der Waals surface area (Å²) < 4.78 is 0. The quantitative estimate of drug-likeness (QED) is 0.768. The lowest BCUT2D eigenvalue weighted by molar-refractivity contribution is -0.121. The van der Waals surface area contributed by atoms with Gasteiger partial charge in [0.1, 0.15) is 0 Å². The van der Waals surface area contributed by atoms with Crippen molar-refractivity contribution < 1.29 is 4.79 Å². The highest BCUT2D eigenvalue weighted by atomic mass is 16.1. The van der Waals surface area contributed by atoms with Gasteiger partial charge in [-0.15, -0.1) is 0 Å². The van der Waals surface area contributed by atoms with Crippen LogP contribution in [0.1, 0.15) is 71.1 Å². The Labute approximate surface area is 117 Å². The van der Waals surface area contributed by atoms with Gasteiger partial charge in [0.25, 0.3) is 0 Å². The van der Waals surface area contributed by atoms with E-state index in [0.29, 0.717) is 18.6 Å². The second kappa shape index (κ2) is 7.88. The van der Waals surface area contributed by atoms with Crippen molar-refractivity contribution in [2.75, 3.05) is 6.54 Å². The molecule has 0 aromatic carbocycles. The minimum atomic E-state index is 0.199. The zero-order chi connectivity index (χ0) is 13.5. The standard InChI is InChI=1S/C16H30N2O/c1-13-8-6-7-11-15(13)17-12-16(19)18-14-9-4-2-3-5-10-14/h13-15,17H,2-12H2,1H3,(H,18,19). The molecule has 2 aliphatic rings. The maximum Gasteiger partial charge on any atom is 0.234 e. The van der Waals surface area contributed by atoms with Crippen LogP contribution in [0.2, 0.25) is 0 Å². The van der Waals surface area contributed by atoms with Gasteiger partial charge in [0.2, 0.25) is 5.91 Å². The molecule has 0 radical (unpaired) electrons. The maximum atomic E-state index is 12.0. The van der Waals surface area contributed by atoms with Gasteiger partial charge in [-0.05, 0) is 31.6 Å². The molecule has 19 heavy (non-hydrogen) atoms. The van der Waals surface area contributed by atoms with Crippen molar-refractivity contribution in [3.63, 3.8) is 0 Å². The predicted octanol–water partition coefficient (Wildman–Crippen LogP) is 2.99. The minimum absolute atomic E-state index is 0.199. The first-order valence-electron chi connectivity index (χ1n) is 8.28. The monoisotopic (exact) mass is 266 g/mol. The van der Waals surface area contributed by atoms with Crippen molar-refractivity contribution >= 4 is 5.91 Å². The average Bonchev–Trinajstić information content (AvgIpc) is 2.66. The van der Waals surface area contributed by atoms with E-state index >= 15 is 0 Å². The molecule has 2 unspecified atom stereocenters. The van der Waals surface area contributed by atoms with E-state index in [2.05, 4.69) is 17.6 Å². The van der Waals surface area contributed by atoms with Gasteiger partial charge in [-0.1, -0.05) is 45.4 Å². The van der Waals surface area contributed by atoms with Gasteiger partial charge in [0.05, 0.1) is 6.54 Å². The van der Waals surface area contributed by atoms with E-state index in [1.807, 2.05) is 0 Å². The van der Waals surface area contributed by atoms with Crippen LogP contribution in [0.25, 0.3) is 0 Å². The number of carbonyl (C=O) groups is 1. The minimum Gasteiger partial charge on any atom is -0.352 e. The Morgan fingerprint density at radius 2 is 1.58 bits per heavy atom. The van der Waals surface area contributed by atoms with Gasteiger partial charge in [0, 0.05) is 12.1 Å². The molecule has 2 N–H and O–H groups in total. The summed E-state index contributed by atoms with van der Waals surface area (Å²) in [6.07, 6.45) is 12.8. The Bertz CT molecular complexity index is 272. The third kappa shape index (κ3) is 5.13. The molecule has 0 spiro atoms. The van der Waals surface area contributed by atoms with Gasteiger partial charge in [-0.3, -0.25) is 4.79 Å². The molecule has 110 valence electrons. The lowest BCUT2D eigenvalue weighted by Gasteiger charge is -2.29. The molecule has 1 amide bonds. The number of rotatable bonds is 4. The van der Waals surface area contributed by atoms with Crippen molar-refractivity contribution in [3.8, 4) is 0 Å². The summed E-state index contributed by atoms with van der Waals surface area (Å²) in [4.78, 5) is 12.0. The lowest BCUT2D eigenvalue weighted by atomic mass is 9.86. The Morgan fingerprint density at radius 3 is 2.26 bits per heavy atom. The fourth-order valence-corrected chi connectivity index (χ4v) is 3.55. The molecule has 0 saturated heterocycles. The summed E-state index contributed by atoms with van der Waals surface area (Å²) in [6, 6.07) is 0.981. The first-order valence-corrected chi connectivity index (χ1v) is 8.28. The zero-order valence-electron chi connectivity index (χ0n) is 12.4. The number of hydrogen-bond acceptors (Lipinski definition) is 2. The van der Waals surface area contributed by atoms with E-state index in [1.54, 1.807) is 0 Å². The molecule has 0 aromatic rings. The van der Waals surface area contributed by atoms with E-state index in [-0.39, 0.29) is 5.91 Å². The summed E-state index contributed by atoms with van der Waals surface area (Å²) in [5, 5.41) is 6.68. The predicted molar refractivity (Wildman–Crippen MR) is 79.1 cm³/mol. The van der Waals surface area contributed by atoms with Crippen molar-refractivity contribution in [1.29, 1.82) is 0 Å². The Morgan fingerprint density at radius 1 is 0.947 bits per heavy atom. The number of amides is 1. The van der Waals surface area contributed by atoms with Gasteiger partial charge >= 0.3 is 0 Å². The molecule has 3 nitrogen and oxygen atoms in total. The van der Waals surface area contributed by atoms with Crippen molar-refractivity contribution in [3.05, 3.63) is 0 Å². The summed E-state index contributed by atoms with van der Waals surface area (Å²) in [6.45, 7) is 2.81. The van der Waals surface area contributed by atoms with Crippen molar-refractivity contribution in [1.82, 2.24) is 10.6 Å². The first kappa shape index (κ1) is 14.8. The average molecular weight is 266 g/mol. The van der Waals surface area contributed by atoms with Crippen LogP contribution in [0, 0.1) is 5.92 Å². The lowest BCUT2D eigenvalue weighted by Crippen LogP contribution is -2.45. The van der Waals surface area contributed by atoms with Crippen LogP contribution < -0.4 is 10.6 Å². The van der Waals surface area contributed by atoms with E-state index in [0.717, 1.165) is 5.92 Å². The molecule has 0 aromatic heterocycles. The summed E-state index contributed by atoms with van der Waals surface area (Å²) >= 11 is 0. The fourth-order valence-electron chi connectivity index (χ4n) is 3.55. The second-order valence-electron chi connectivity index (χ2n) is 6.51. The molecule has 2 saturated carbocycles. The van der Waals surface area contributed by atoms with Crippen molar-refractivity contribution in [2.24, 2.45) is 5.92 Å². The molecule has 2 fully saturated rings. The van der Waals surface area contributed by atoms with Crippen LogP contribution in [0.5, 0.6) is 0 Å². The van der Waals surface area contributed by atoms with E-state index < -0.39 is 0 Å².